The molecule has 2 rings (SSSR count). The van der Waals surface area contributed by atoms with Gasteiger partial charge in [0.15, 0.2) is 0 Å². The van der Waals surface area contributed by atoms with Crippen molar-refractivity contribution in [1.82, 2.24) is 5.32 Å². The zero-order valence-electron chi connectivity index (χ0n) is 16.3. The van der Waals surface area contributed by atoms with Crippen LogP contribution in [0, 0.1) is 5.92 Å². The van der Waals surface area contributed by atoms with Gasteiger partial charge in [-0.15, -0.1) is 12.4 Å². The summed E-state index contributed by atoms with van der Waals surface area (Å²) in [6.45, 7) is 0.0808. The molecule has 0 aliphatic heterocycles. The van der Waals surface area contributed by atoms with Crippen molar-refractivity contribution < 1.29 is 24.2 Å². The molecule has 0 saturated carbocycles. The minimum Gasteiger partial charge on any atom is -0.481 e. The van der Waals surface area contributed by atoms with Crippen LogP contribution < -0.4 is 16.8 Å². The van der Waals surface area contributed by atoms with E-state index < -0.39 is 35.8 Å². The van der Waals surface area contributed by atoms with Crippen LogP contribution in [-0.4, -0.2) is 41.6 Å². The summed E-state index contributed by atoms with van der Waals surface area (Å²) in [6.07, 6.45) is 0.0799. The quantitative estimate of drug-likeness (QED) is 0.412. The average Bonchev–Trinajstić information content (AvgIpc) is 2.72. The Morgan fingerprint density at radius 3 is 2.00 bits per heavy atom. The van der Waals surface area contributed by atoms with Gasteiger partial charge in [0.2, 0.25) is 11.8 Å². The molecule has 0 aliphatic rings. The van der Waals surface area contributed by atoms with Gasteiger partial charge in [0.05, 0.1) is 25.2 Å². The van der Waals surface area contributed by atoms with Crippen LogP contribution in [0.1, 0.15) is 11.1 Å². The number of carboxylic acid groups (broad SMARTS) is 1. The summed E-state index contributed by atoms with van der Waals surface area (Å²) in [4.78, 5) is 35.8. The van der Waals surface area contributed by atoms with E-state index in [9.17, 15) is 19.5 Å². The van der Waals surface area contributed by atoms with E-state index in [0.29, 0.717) is 0 Å². The first-order valence-electron chi connectivity index (χ1n) is 9.12. The van der Waals surface area contributed by atoms with Crippen LogP contribution in [-0.2, 0) is 32.1 Å². The number of hydrogen-bond donors (Lipinski definition) is 4. The molecule has 162 valence electrons. The predicted octanol–water partition coefficient (Wildman–Crippen LogP) is 0.866. The molecule has 0 saturated heterocycles. The minimum atomic E-state index is -1.36. The van der Waals surface area contributed by atoms with Crippen LogP contribution >= 0.6 is 12.4 Å². The Morgan fingerprint density at radius 1 is 0.967 bits per heavy atom. The summed E-state index contributed by atoms with van der Waals surface area (Å²) in [6, 6.07) is 15.7. The normalized spacial score (nSPS) is 13.4. The molecule has 0 fully saturated rings. The van der Waals surface area contributed by atoms with E-state index in [-0.39, 0.29) is 32.0 Å². The van der Waals surface area contributed by atoms with Gasteiger partial charge >= 0.3 is 5.97 Å². The average molecular weight is 436 g/mol. The second kappa shape index (κ2) is 12.6. The van der Waals surface area contributed by atoms with E-state index in [2.05, 4.69) is 5.32 Å². The van der Waals surface area contributed by atoms with Gasteiger partial charge in [0, 0.05) is 0 Å². The van der Waals surface area contributed by atoms with Crippen molar-refractivity contribution in [2.75, 3.05) is 6.61 Å². The van der Waals surface area contributed by atoms with Crippen molar-refractivity contribution in [2.24, 2.45) is 17.4 Å². The van der Waals surface area contributed by atoms with Gasteiger partial charge in [-0.3, -0.25) is 14.4 Å². The summed E-state index contributed by atoms with van der Waals surface area (Å²) in [5, 5.41) is 11.9. The maximum absolute atomic E-state index is 12.5. The summed E-state index contributed by atoms with van der Waals surface area (Å²) < 4.78 is 5.45. The lowest BCUT2D eigenvalue weighted by molar-refractivity contribution is -0.145. The summed E-state index contributed by atoms with van der Waals surface area (Å²) >= 11 is 0. The molecule has 0 heterocycles. The van der Waals surface area contributed by atoms with Gasteiger partial charge in [-0.1, -0.05) is 60.7 Å². The lowest BCUT2D eigenvalue weighted by Crippen LogP contribution is -2.55. The van der Waals surface area contributed by atoms with E-state index >= 15 is 0 Å². The van der Waals surface area contributed by atoms with E-state index in [1.165, 1.54) is 0 Å². The number of nitrogens with two attached hydrogens (primary N) is 2. The number of rotatable bonds is 11. The SMILES string of the molecule is Cl.NC(=O)C(COCc1ccccc1)NC(=O)C(N)C(Cc1ccccc1)C(=O)O. The molecular weight excluding hydrogens is 410 g/mol. The molecule has 2 aromatic carbocycles. The number of nitrogens with one attached hydrogen (secondary N) is 1. The number of benzene rings is 2. The highest BCUT2D eigenvalue weighted by Gasteiger charge is 2.32. The van der Waals surface area contributed by atoms with Crippen molar-refractivity contribution in [1.29, 1.82) is 0 Å². The van der Waals surface area contributed by atoms with Gasteiger partial charge in [-0.2, -0.15) is 0 Å². The molecular formula is C21H26ClN3O5. The first-order valence-corrected chi connectivity index (χ1v) is 9.12. The Labute approximate surface area is 181 Å². The third-order valence-corrected chi connectivity index (χ3v) is 4.41. The molecule has 2 amide bonds. The first kappa shape index (κ1) is 25.1. The Balaban J connectivity index is 0.00000450. The fraction of sp³-hybridized carbons (Fsp3) is 0.286. The standard InChI is InChI=1S/C21H25N3O5.ClH/c22-18(16(21(27)28)11-14-7-3-1-4-8-14)20(26)24-17(19(23)25)13-29-12-15-9-5-2-6-10-15;/h1-10,16-18H,11-13,22H2,(H2,23,25)(H,24,26)(H,27,28);1H. The van der Waals surface area contributed by atoms with Gasteiger partial charge in [0.25, 0.3) is 0 Å². The van der Waals surface area contributed by atoms with Crippen LogP contribution in [0.15, 0.2) is 60.7 Å². The Hall–Kier alpha value is -2.94. The zero-order valence-corrected chi connectivity index (χ0v) is 17.1. The van der Waals surface area contributed by atoms with Crippen molar-refractivity contribution in [3.8, 4) is 0 Å². The van der Waals surface area contributed by atoms with Crippen molar-refractivity contribution in [3.05, 3.63) is 71.8 Å². The number of hydrogen-bond acceptors (Lipinski definition) is 5. The smallest absolute Gasteiger partial charge is 0.308 e. The van der Waals surface area contributed by atoms with Crippen LogP contribution in [0.3, 0.4) is 0 Å². The molecule has 3 atom stereocenters. The largest absolute Gasteiger partial charge is 0.481 e. The molecule has 8 nitrogen and oxygen atoms in total. The van der Waals surface area contributed by atoms with Crippen molar-refractivity contribution in [2.45, 2.75) is 25.1 Å². The first-order chi connectivity index (χ1) is 13.9. The van der Waals surface area contributed by atoms with Crippen molar-refractivity contribution >= 4 is 30.2 Å². The van der Waals surface area contributed by atoms with Crippen LogP contribution in [0.4, 0.5) is 0 Å². The molecule has 6 N–H and O–H groups in total. The fourth-order valence-corrected chi connectivity index (χ4v) is 2.75. The second-order valence-corrected chi connectivity index (χ2v) is 6.62. The van der Waals surface area contributed by atoms with E-state index in [0.717, 1.165) is 11.1 Å². The van der Waals surface area contributed by atoms with Gasteiger partial charge < -0.3 is 26.6 Å². The number of halogens is 1. The van der Waals surface area contributed by atoms with Gasteiger partial charge in [0.1, 0.15) is 6.04 Å². The topological polar surface area (TPSA) is 145 Å². The molecule has 0 aliphatic carbocycles. The molecule has 30 heavy (non-hydrogen) atoms. The number of carbonyl (C=O) groups excluding carboxylic acids is 2. The number of carboxylic acids is 1. The fourth-order valence-electron chi connectivity index (χ4n) is 2.75. The summed E-state index contributed by atoms with van der Waals surface area (Å²) in [5.74, 6) is -3.93. The van der Waals surface area contributed by atoms with Gasteiger partial charge in [-0.25, -0.2) is 0 Å². The van der Waals surface area contributed by atoms with E-state index in [1.807, 2.05) is 30.3 Å². The summed E-state index contributed by atoms with van der Waals surface area (Å²) in [5.41, 5.74) is 12.9. The maximum Gasteiger partial charge on any atom is 0.308 e. The van der Waals surface area contributed by atoms with Crippen molar-refractivity contribution in [3.63, 3.8) is 0 Å². The highest BCUT2D eigenvalue weighted by atomic mass is 35.5. The Kier molecular flexibility index (Phi) is 10.5. The molecule has 0 radical (unpaired) electrons. The molecule has 0 bridgehead atoms. The molecule has 9 heteroatoms. The van der Waals surface area contributed by atoms with E-state index in [4.69, 9.17) is 16.2 Å². The molecule has 0 aromatic heterocycles. The monoisotopic (exact) mass is 435 g/mol. The van der Waals surface area contributed by atoms with Crippen LogP contribution in [0.2, 0.25) is 0 Å². The lowest BCUT2D eigenvalue weighted by atomic mass is 9.92. The number of ether oxygens (including phenoxy) is 1. The van der Waals surface area contributed by atoms with Crippen LogP contribution in [0.5, 0.6) is 0 Å². The lowest BCUT2D eigenvalue weighted by Gasteiger charge is -2.22. The number of primary amides is 1. The predicted molar refractivity (Wildman–Crippen MR) is 114 cm³/mol. The van der Waals surface area contributed by atoms with E-state index in [1.54, 1.807) is 30.3 Å². The number of amides is 2. The highest BCUT2D eigenvalue weighted by molar-refractivity contribution is 5.91. The zero-order chi connectivity index (χ0) is 21.2. The third kappa shape index (κ3) is 7.82. The highest BCUT2D eigenvalue weighted by Crippen LogP contribution is 2.13. The number of aliphatic carboxylic acids is 1. The van der Waals surface area contributed by atoms with Crippen LogP contribution in [0.25, 0.3) is 0 Å². The Morgan fingerprint density at radius 2 is 1.50 bits per heavy atom. The Bertz CT molecular complexity index is 820. The van der Waals surface area contributed by atoms with Gasteiger partial charge in [-0.05, 0) is 17.5 Å². The third-order valence-electron chi connectivity index (χ3n) is 4.41. The maximum atomic E-state index is 12.5. The molecule has 0 spiro atoms. The minimum absolute atomic E-state index is 0. The molecule has 2 aromatic rings. The molecule has 3 unspecified atom stereocenters. The summed E-state index contributed by atoms with van der Waals surface area (Å²) in [7, 11) is 0. The second-order valence-electron chi connectivity index (χ2n) is 6.62. The number of carbonyl (C=O) groups is 3.